The van der Waals surface area contributed by atoms with E-state index in [0.29, 0.717) is 42.5 Å². The van der Waals surface area contributed by atoms with Gasteiger partial charge in [0.05, 0.1) is 26.1 Å². The van der Waals surface area contributed by atoms with Crippen LogP contribution in [0.15, 0.2) is 88.4 Å². The third-order valence-corrected chi connectivity index (χ3v) is 6.81. The third-order valence-electron chi connectivity index (χ3n) is 5.14. The topological polar surface area (TPSA) is 107 Å². The maximum atomic E-state index is 13.4. The third kappa shape index (κ3) is 4.86. The van der Waals surface area contributed by atoms with E-state index in [9.17, 15) is 9.59 Å². The number of ether oxygens (including phenoxy) is 1. The predicted molar refractivity (Wildman–Crippen MR) is 147 cm³/mol. The summed E-state index contributed by atoms with van der Waals surface area (Å²) in [5, 5.41) is 14.6. The molecule has 0 atom stereocenters. The lowest BCUT2D eigenvalue weighted by Crippen LogP contribution is -2.20. The smallest absolute Gasteiger partial charge is 0.341 e. The zero-order chi connectivity index (χ0) is 25.4. The molecular formula is C25H14Br3N3O5. The number of furan rings is 1. The highest BCUT2D eigenvalue weighted by molar-refractivity contribution is 9.11. The van der Waals surface area contributed by atoms with E-state index < -0.39 is 12.6 Å². The Hall–Kier alpha value is -3.28. The molecule has 2 heterocycles. The first-order chi connectivity index (χ1) is 17.3. The van der Waals surface area contributed by atoms with Gasteiger partial charge in [0.15, 0.2) is 12.4 Å². The number of carboxylic acids is 1. The number of para-hydroxylation sites is 1. The van der Waals surface area contributed by atoms with E-state index in [1.807, 2.05) is 30.3 Å². The van der Waals surface area contributed by atoms with Crippen LogP contribution in [0.25, 0.3) is 33.5 Å². The summed E-state index contributed by atoms with van der Waals surface area (Å²) in [6.07, 6.45) is 1.50. The Labute approximate surface area is 228 Å². The highest BCUT2D eigenvalue weighted by atomic mass is 79.9. The maximum absolute atomic E-state index is 13.4. The van der Waals surface area contributed by atoms with Crippen LogP contribution in [0.5, 0.6) is 5.75 Å². The zero-order valence-electron chi connectivity index (χ0n) is 18.1. The fraction of sp³-hybridized carbons (Fsp3) is 0.0400. The van der Waals surface area contributed by atoms with Crippen molar-refractivity contribution in [2.24, 2.45) is 5.10 Å². The Bertz CT molecular complexity index is 1720. The molecule has 3 aromatic carbocycles. The van der Waals surface area contributed by atoms with Crippen molar-refractivity contribution in [2.45, 2.75) is 0 Å². The van der Waals surface area contributed by atoms with Gasteiger partial charge in [-0.2, -0.15) is 9.78 Å². The number of aliphatic carboxylic acids is 1. The quantitative estimate of drug-likeness (QED) is 0.208. The van der Waals surface area contributed by atoms with Crippen LogP contribution in [0.1, 0.15) is 5.56 Å². The van der Waals surface area contributed by atoms with E-state index in [1.54, 1.807) is 30.3 Å². The molecule has 0 amide bonds. The molecule has 0 aliphatic rings. The Kier molecular flexibility index (Phi) is 6.78. The molecule has 0 aliphatic heterocycles. The van der Waals surface area contributed by atoms with Gasteiger partial charge in [0.1, 0.15) is 11.3 Å². The molecule has 0 unspecified atom stereocenters. The van der Waals surface area contributed by atoms with Crippen molar-refractivity contribution in [3.8, 4) is 17.3 Å². The number of nitrogens with zero attached hydrogens (tertiary/aromatic N) is 3. The molecule has 0 fully saturated rings. The summed E-state index contributed by atoms with van der Waals surface area (Å²) in [5.74, 6) is -0.106. The fourth-order valence-corrected chi connectivity index (χ4v) is 5.39. The second-order valence-corrected chi connectivity index (χ2v) is 10.2. The Morgan fingerprint density at radius 2 is 1.83 bits per heavy atom. The SMILES string of the molecule is O=C(O)COc1c(Br)cc(C=Nn2c(-c3cc4cc(Br)ccc4o3)nc3ccccc3c2=O)cc1Br. The standard InChI is InChI=1S/C25H14Br3N3O5/c26-15-5-6-20-14(9-15)10-21(36-20)24-30-19-4-2-1-3-16(19)25(34)31(24)29-11-13-7-17(27)23(18(28)8-13)35-12-22(32)33/h1-11H,12H2,(H,32,33). The summed E-state index contributed by atoms with van der Waals surface area (Å²) in [7, 11) is 0. The van der Waals surface area contributed by atoms with Crippen LogP contribution in [0.4, 0.5) is 0 Å². The van der Waals surface area contributed by atoms with Crippen molar-refractivity contribution >= 4 is 81.8 Å². The van der Waals surface area contributed by atoms with Gasteiger partial charge in [-0.05, 0) is 86.0 Å². The maximum Gasteiger partial charge on any atom is 0.341 e. The lowest BCUT2D eigenvalue weighted by molar-refractivity contribution is -0.139. The van der Waals surface area contributed by atoms with Crippen LogP contribution >= 0.6 is 47.8 Å². The second-order valence-electron chi connectivity index (χ2n) is 7.60. The van der Waals surface area contributed by atoms with Gasteiger partial charge < -0.3 is 14.3 Å². The molecule has 1 N–H and O–H groups in total. The molecule has 180 valence electrons. The monoisotopic (exact) mass is 673 g/mol. The van der Waals surface area contributed by atoms with Crippen molar-refractivity contribution in [3.05, 3.63) is 90.0 Å². The largest absolute Gasteiger partial charge is 0.480 e. The lowest BCUT2D eigenvalue weighted by atomic mass is 10.2. The molecule has 0 spiro atoms. The van der Waals surface area contributed by atoms with Crippen LogP contribution in [0.2, 0.25) is 0 Å². The average Bonchev–Trinajstić information content (AvgIpc) is 3.25. The number of rotatable bonds is 6. The number of hydrogen-bond acceptors (Lipinski definition) is 6. The number of aromatic nitrogens is 2. The van der Waals surface area contributed by atoms with Gasteiger partial charge in [0, 0.05) is 9.86 Å². The van der Waals surface area contributed by atoms with Crippen molar-refractivity contribution in [1.82, 2.24) is 9.66 Å². The molecule has 0 bridgehead atoms. The molecular weight excluding hydrogens is 662 g/mol. The van der Waals surface area contributed by atoms with Gasteiger partial charge in [-0.15, -0.1) is 0 Å². The van der Waals surface area contributed by atoms with E-state index in [2.05, 4.69) is 57.9 Å². The minimum atomic E-state index is -1.09. The van der Waals surface area contributed by atoms with E-state index in [0.717, 1.165) is 9.86 Å². The Morgan fingerprint density at radius 1 is 1.08 bits per heavy atom. The number of carbonyl (C=O) groups is 1. The number of carboxylic acid groups (broad SMARTS) is 1. The number of fused-ring (bicyclic) bond motifs is 2. The second kappa shape index (κ2) is 10.00. The molecule has 0 saturated carbocycles. The molecule has 5 aromatic rings. The lowest BCUT2D eigenvalue weighted by Gasteiger charge is -2.10. The normalized spacial score (nSPS) is 11.5. The number of hydrogen-bond donors (Lipinski definition) is 1. The van der Waals surface area contributed by atoms with Gasteiger partial charge >= 0.3 is 5.97 Å². The molecule has 36 heavy (non-hydrogen) atoms. The minimum Gasteiger partial charge on any atom is -0.480 e. The predicted octanol–water partition coefficient (Wildman–Crippen LogP) is 6.44. The minimum absolute atomic E-state index is 0.252. The van der Waals surface area contributed by atoms with E-state index >= 15 is 0 Å². The van der Waals surface area contributed by atoms with Crippen LogP contribution in [-0.4, -0.2) is 33.6 Å². The zero-order valence-corrected chi connectivity index (χ0v) is 22.9. The van der Waals surface area contributed by atoms with Gasteiger partial charge in [-0.25, -0.2) is 9.78 Å². The summed E-state index contributed by atoms with van der Waals surface area (Å²) in [4.78, 5) is 28.9. The van der Waals surface area contributed by atoms with Gasteiger partial charge in [-0.3, -0.25) is 4.79 Å². The molecule has 2 aromatic heterocycles. The first-order valence-corrected chi connectivity index (χ1v) is 12.8. The van der Waals surface area contributed by atoms with E-state index in [4.69, 9.17) is 14.3 Å². The van der Waals surface area contributed by atoms with Gasteiger partial charge in [0.2, 0.25) is 5.82 Å². The molecule has 0 saturated heterocycles. The molecule has 0 radical (unpaired) electrons. The average molecular weight is 676 g/mol. The first-order valence-electron chi connectivity index (χ1n) is 10.4. The van der Waals surface area contributed by atoms with Crippen molar-refractivity contribution in [2.75, 3.05) is 6.61 Å². The van der Waals surface area contributed by atoms with Crippen LogP contribution in [-0.2, 0) is 4.79 Å². The summed E-state index contributed by atoms with van der Waals surface area (Å²) in [6.45, 7) is -0.486. The van der Waals surface area contributed by atoms with E-state index in [-0.39, 0.29) is 11.4 Å². The van der Waals surface area contributed by atoms with Crippen molar-refractivity contribution in [1.29, 1.82) is 0 Å². The molecule has 11 heteroatoms. The first kappa shape index (κ1) is 24.4. The fourth-order valence-electron chi connectivity index (χ4n) is 3.56. The molecule has 8 nitrogen and oxygen atoms in total. The molecule has 5 rings (SSSR count). The highest BCUT2D eigenvalue weighted by Gasteiger charge is 2.17. The Balaban J connectivity index is 1.62. The van der Waals surface area contributed by atoms with Crippen molar-refractivity contribution in [3.63, 3.8) is 0 Å². The van der Waals surface area contributed by atoms with Crippen LogP contribution < -0.4 is 10.3 Å². The van der Waals surface area contributed by atoms with Gasteiger partial charge in [0.25, 0.3) is 5.56 Å². The number of benzene rings is 3. The number of halogens is 3. The van der Waals surface area contributed by atoms with Crippen LogP contribution in [0, 0.1) is 0 Å². The summed E-state index contributed by atoms with van der Waals surface area (Å²) in [5.41, 5.74) is 1.44. The summed E-state index contributed by atoms with van der Waals surface area (Å²) in [6, 6.07) is 17.9. The Morgan fingerprint density at radius 3 is 2.58 bits per heavy atom. The molecule has 0 aliphatic carbocycles. The van der Waals surface area contributed by atoms with E-state index in [1.165, 1.54) is 10.9 Å². The van der Waals surface area contributed by atoms with Crippen LogP contribution in [0.3, 0.4) is 0 Å². The highest BCUT2D eigenvalue weighted by Crippen LogP contribution is 2.34. The van der Waals surface area contributed by atoms with Gasteiger partial charge in [-0.1, -0.05) is 28.1 Å². The summed E-state index contributed by atoms with van der Waals surface area (Å²) >= 11 is 10.2. The van der Waals surface area contributed by atoms with Crippen molar-refractivity contribution < 1.29 is 19.1 Å². The summed E-state index contributed by atoms with van der Waals surface area (Å²) < 4.78 is 14.5.